The molecule has 0 aliphatic carbocycles. The highest BCUT2D eigenvalue weighted by Crippen LogP contribution is 2.32. The van der Waals surface area contributed by atoms with E-state index in [1.54, 1.807) is 32.3 Å². The number of rotatable bonds is 2. The Morgan fingerprint density at radius 1 is 1.60 bits per heavy atom. The van der Waals surface area contributed by atoms with Gasteiger partial charge in [-0.3, -0.25) is 10.1 Å². The molecule has 110 valence electrons. The number of hydrogen-bond donors (Lipinski definition) is 2. The van der Waals surface area contributed by atoms with Crippen LogP contribution in [0.4, 0.5) is 4.79 Å². The van der Waals surface area contributed by atoms with Gasteiger partial charge in [-0.05, 0) is 20.8 Å². The summed E-state index contributed by atoms with van der Waals surface area (Å²) in [6, 6.07) is 0. The smallest absolute Gasteiger partial charge is 0.427 e. The topological polar surface area (TPSA) is 97.6 Å². The molecule has 7 nitrogen and oxygen atoms in total. The van der Waals surface area contributed by atoms with Crippen molar-refractivity contribution in [2.24, 2.45) is 5.84 Å². The average molecular weight is 298 g/mol. The molecule has 1 amide bonds. The molecule has 3 N–H and O–H groups in total. The van der Waals surface area contributed by atoms with E-state index in [4.69, 9.17) is 10.6 Å². The van der Waals surface area contributed by atoms with Gasteiger partial charge in [-0.1, -0.05) is 0 Å². The number of hydrogen-bond acceptors (Lipinski definition) is 7. The number of nitrogens with one attached hydrogen (secondary N) is 1. The molecule has 1 aliphatic heterocycles. The van der Waals surface area contributed by atoms with E-state index < -0.39 is 17.4 Å². The summed E-state index contributed by atoms with van der Waals surface area (Å²) in [5.41, 5.74) is -2.11. The third kappa shape index (κ3) is 2.54. The second-order valence-electron chi connectivity index (χ2n) is 5.50. The first-order valence-corrected chi connectivity index (χ1v) is 7.11. The number of aromatic nitrogens is 1. The van der Waals surface area contributed by atoms with Gasteiger partial charge >= 0.3 is 6.09 Å². The molecule has 20 heavy (non-hydrogen) atoms. The standard InChI is InChI=1S/C12H18N4O3S/c1-11(2,3)19-10(18)16(13)12(8(17)4-5-15-12)9-14-6-7-20-9/h6-7,15H,4-5,13H2,1-3H3. The molecule has 0 bridgehead atoms. The number of ether oxygens (including phenoxy) is 1. The summed E-state index contributed by atoms with van der Waals surface area (Å²) in [6.45, 7) is 5.64. The molecule has 0 saturated carbocycles. The molecule has 1 aromatic heterocycles. The SMILES string of the molecule is CC(C)(C)OC(=O)N(N)C1(c2nccs2)NCCC1=O. The highest BCUT2D eigenvalue weighted by atomic mass is 32.1. The Labute approximate surface area is 121 Å². The highest BCUT2D eigenvalue weighted by molar-refractivity contribution is 7.09. The second kappa shape index (κ2) is 5.12. The molecule has 1 aliphatic rings. The van der Waals surface area contributed by atoms with Crippen LogP contribution in [0, 0.1) is 0 Å². The third-order valence-electron chi connectivity index (χ3n) is 2.83. The Kier molecular flexibility index (Phi) is 3.81. The van der Waals surface area contributed by atoms with Crippen molar-refractivity contribution >= 4 is 23.2 Å². The number of thiazole rings is 1. The number of hydrazine groups is 1. The van der Waals surface area contributed by atoms with Gasteiger partial charge in [0.05, 0.1) is 0 Å². The first-order valence-electron chi connectivity index (χ1n) is 6.23. The van der Waals surface area contributed by atoms with Crippen molar-refractivity contribution in [3.8, 4) is 0 Å². The van der Waals surface area contributed by atoms with Crippen LogP contribution < -0.4 is 11.2 Å². The van der Waals surface area contributed by atoms with Gasteiger partial charge in [-0.15, -0.1) is 11.3 Å². The molecule has 8 heteroatoms. The van der Waals surface area contributed by atoms with E-state index in [9.17, 15) is 9.59 Å². The van der Waals surface area contributed by atoms with E-state index in [1.165, 1.54) is 11.3 Å². The minimum atomic E-state index is -1.42. The molecular formula is C12H18N4O3S. The van der Waals surface area contributed by atoms with Crippen LogP contribution in [0.15, 0.2) is 11.6 Å². The summed E-state index contributed by atoms with van der Waals surface area (Å²) in [7, 11) is 0. The Balaban J connectivity index is 2.34. The largest absolute Gasteiger partial charge is 0.443 e. The minimum absolute atomic E-state index is 0.194. The number of carbonyl (C=O) groups excluding carboxylic acids is 2. The average Bonchev–Trinajstić information content (AvgIpc) is 2.95. The fourth-order valence-corrected chi connectivity index (χ4v) is 2.83. The Morgan fingerprint density at radius 2 is 2.30 bits per heavy atom. The Bertz CT molecular complexity index is 511. The maximum atomic E-state index is 12.3. The minimum Gasteiger partial charge on any atom is -0.443 e. The van der Waals surface area contributed by atoms with Crippen LogP contribution in [0.1, 0.15) is 32.2 Å². The summed E-state index contributed by atoms with van der Waals surface area (Å²) >= 11 is 1.26. The number of carbonyl (C=O) groups is 2. The number of ketones is 1. The molecule has 1 saturated heterocycles. The second-order valence-corrected chi connectivity index (χ2v) is 6.39. The Hall–Kier alpha value is -1.51. The third-order valence-corrected chi connectivity index (χ3v) is 3.71. The van der Waals surface area contributed by atoms with Gasteiger partial charge < -0.3 is 4.74 Å². The molecular weight excluding hydrogens is 280 g/mol. The van der Waals surface area contributed by atoms with Crippen LogP contribution in [-0.4, -0.2) is 34.0 Å². The number of Topliss-reactive ketones (excluding diaryl/α,β-unsaturated/α-hetero) is 1. The van der Waals surface area contributed by atoms with Crippen LogP contribution in [0.3, 0.4) is 0 Å². The van der Waals surface area contributed by atoms with Crippen LogP contribution in [-0.2, 0) is 15.2 Å². The van der Waals surface area contributed by atoms with Gasteiger partial charge in [-0.2, -0.15) is 0 Å². The molecule has 1 atom stereocenters. The van der Waals surface area contributed by atoms with Crippen molar-refractivity contribution in [1.29, 1.82) is 0 Å². The number of amides is 1. The van der Waals surface area contributed by atoms with Crippen LogP contribution in [0.2, 0.25) is 0 Å². The number of nitrogens with zero attached hydrogens (tertiary/aromatic N) is 2. The lowest BCUT2D eigenvalue weighted by Gasteiger charge is -2.35. The summed E-state index contributed by atoms with van der Waals surface area (Å²) in [6.07, 6.45) is 1.09. The van der Waals surface area contributed by atoms with Crippen LogP contribution in [0.5, 0.6) is 0 Å². The lowest BCUT2D eigenvalue weighted by molar-refractivity contribution is -0.130. The summed E-state index contributed by atoms with van der Waals surface area (Å²) < 4.78 is 5.23. The number of nitrogens with two attached hydrogens (primary N) is 1. The van der Waals surface area contributed by atoms with Crippen molar-refractivity contribution in [2.45, 2.75) is 38.5 Å². The van der Waals surface area contributed by atoms with Gasteiger partial charge in [0.25, 0.3) is 0 Å². The predicted octanol–water partition coefficient (Wildman–Crippen LogP) is 0.969. The molecule has 2 heterocycles. The lowest BCUT2D eigenvalue weighted by atomic mass is 10.1. The maximum absolute atomic E-state index is 12.3. The lowest BCUT2D eigenvalue weighted by Crippen LogP contribution is -2.63. The van der Waals surface area contributed by atoms with E-state index in [-0.39, 0.29) is 12.2 Å². The van der Waals surface area contributed by atoms with Gasteiger partial charge in [0.2, 0.25) is 5.66 Å². The van der Waals surface area contributed by atoms with Crippen molar-refractivity contribution in [3.63, 3.8) is 0 Å². The van der Waals surface area contributed by atoms with Gasteiger partial charge in [0, 0.05) is 24.5 Å². The van der Waals surface area contributed by atoms with E-state index in [1.807, 2.05) is 0 Å². The van der Waals surface area contributed by atoms with Crippen molar-refractivity contribution in [3.05, 3.63) is 16.6 Å². The highest BCUT2D eigenvalue weighted by Gasteiger charge is 2.52. The Morgan fingerprint density at radius 3 is 2.75 bits per heavy atom. The van der Waals surface area contributed by atoms with E-state index >= 15 is 0 Å². The van der Waals surface area contributed by atoms with E-state index in [2.05, 4.69) is 10.3 Å². The van der Waals surface area contributed by atoms with Gasteiger partial charge in [0.15, 0.2) is 5.78 Å². The molecule has 1 fully saturated rings. The summed E-state index contributed by atoms with van der Waals surface area (Å²) in [5.74, 6) is 5.69. The quantitative estimate of drug-likeness (QED) is 0.479. The van der Waals surface area contributed by atoms with Gasteiger partial charge in [0.1, 0.15) is 10.6 Å². The molecule has 0 aromatic carbocycles. The van der Waals surface area contributed by atoms with E-state index in [0.29, 0.717) is 11.6 Å². The zero-order valence-corrected chi connectivity index (χ0v) is 12.5. The van der Waals surface area contributed by atoms with Crippen molar-refractivity contribution in [1.82, 2.24) is 15.3 Å². The van der Waals surface area contributed by atoms with E-state index in [0.717, 1.165) is 5.01 Å². The molecule has 2 rings (SSSR count). The molecule has 1 aromatic rings. The predicted molar refractivity (Wildman–Crippen MR) is 73.7 cm³/mol. The first kappa shape index (κ1) is 14.9. The first-order chi connectivity index (χ1) is 9.27. The van der Waals surface area contributed by atoms with Crippen molar-refractivity contribution in [2.75, 3.05) is 6.54 Å². The van der Waals surface area contributed by atoms with Gasteiger partial charge in [-0.25, -0.2) is 20.6 Å². The molecule has 0 spiro atoms. The van der Waals surface area contributed by atoms with Crippen LogP contribution in [0.25, 0.3) is 0 Å². The normalized spacial score (nSPS) is 22.9. The summed E-state index contributed by atoms with van der Waals surface area (Å²) in [4.78, 5) is 28.6. The van der Waals surface area contributed by atoms with Crippen LogP contribution >= 0.6 is 11.3 Å². The fraction of sp³-hybridized carbons (Fsp3) is 0.583. The summed E-state index contributed by atoms with van der Waals surface area (Å²) in [5, 5.41) is 5.97. The van der Waals surface area contributed by atoms with Crippen molar-refractivity contribution < 1.29 is 14.3 Å². The maximum Gasteiger partial charge on any atom is 0.427 e. The zero-order valence-electron chi connectivity index (χ0n) is 11.7. The monoisotopic (exact) mass is 298 g/mol. The fourth-order valence-electron chi connectivity index (χ4n) is 2.00. The molecule has 0 radical (unpaired) electrons. The zero-order chi connectivity index (χ0) is 15.0. The molecule has 1 unspecified atom stereocenters.